The van der Waals surface area contributed by atoms with Gasteiger partial charge in [-0.25, -0.2) is 8.42 Å². The van der Waals surface area contributed by atoms with E-state index in [0.717, 1.165) is 16.7 Å². The highest BCUT2D eigenvalue weighted by molar-refractivity contribution is 7.94. The lowest BCUT2D eigenvalue weighted by Crippen LogP contribution is -2.09. The lowest BCUT2D eigenvalue weighted by molar-refractivity contribution is 0.604. The summed E-state index contributed by atoms with van der Waals surface area (Å²) in [6, 6.07) is 13.1. The van der Waals surface area contributed by atoms with Crippen molar-refractivity contribution < 1.29 is 8.42 Å². The Kier molecular flexibility index (Phi) is 4.78. The third kappa shape index (κ3) is 3.70. The molecule has 7 heteroatoms. The Morgan fingerprint density at radius 2 is 1.58 bits per heavy atom. The average molecular weight is 397 g/mol. The van der Waals surface area contributed by atoms with Crippen LogP contribution in [0.1, 0.15) is 5.56 Å². The Bertz CT molecular complexity index is 1100. The molecule has 2 aromatic carbocycles. The van der Waals surface area contributed by atoms with E-state index in [1.54, 1.807) is 42.5 Å². The first-order chi connectivity index (χ1) is 11.3. The van der Waals surface area contributed by atoms with Gasteiger partial charge in [0, 0.05) is 20.2 Å². The van der Waals surface area contributed by atoms with Crippen LogP contribution in [0.3, 0.4) is 0 Å². The van der Waals surface area contributed by atoms with Crippen LogP contribution in [-0.4, -0.2) is 8.42 Å². The molecule has 0 aliphatic carbocycles. The Balaban J connectivity index is 2.06. The van der Waals surface area contributed by atoms with Gasteiger partial charge >= 0.3 is 0 Å². The van der Waals surface area contributed by atoms with Crippen LogP contribution in [0.25, 0.3) is 16.2 Å². The maximum absolute atomic E-state index is 12.5. The van der Waals surface area contributed by atoms with Crippen LogP contribution in [0.15, 0.2) is 63.6 Å². The van der Waals surface area contributed by atoms with Crippen LogP contribution in [0, 0.1) is 0 Å². The average Bonchev–Trinajstić information content (AvgIpc) is 2.54. The number of rotatable bonds is 3. The van der Waals surface area contributed by atoms with Crippen molar-refractivity contribution in [3.05, 3.63) is 79.1 Å². The Morgan fingerprint density at radius 3 is 2.29 bits per heavy atom. The van der Waals surface area contributed by atoms with Gasteiger partial charge in [0.05, 0.1) is 0 Å². The molecule has 0 saturated carbocycles. The molecule has 24 heavy (non-hydrogen) atoms. The van der Waals surface area contributed by atoms with Crippen molar-refractivity contribution in [2.75, 3.05) is 0 Å². The Labute approximate surface area is 152 Å². The molecule has 0 atom stereocenters. The number of sulfone groups is 1. The lowest BCUT2D eigenvalue weighted by atomic mass is 10.2. The monoisotopic (exact) mass is 396 g/mol. The van der Waals surface area contributed by atoms with E-state index in [-0.39, 0.29) is 4.90 Å². The molecular formula is C17H10Cl2O3S2. The zero-order valence-electron chi connectivity index (χ0n) is 12.1. The van der Waals surface area contributed by atoms with E-state index in [4.69, 9.17) is 23.2 Å². The number of hydrogen-bond donors (Lipinski definition) is 0. The van der Waals surface area contributed by atoms with Crippen molar-refractivity contribution in [2.24, 2.45) is 0 Å². The van der Waals surface area contributed by atoms with E-state index in [0.29, 0.717) is 25.7 Å². The van der Waals surface area contributed by atoms with E-state index < -0.39 is 14.6 Å². The van der Waals surface area contributed by atoms with Gasteiger partial charge in [-0.15, -0.1) is 0 Å². The second kappa shape index (κ2) is 6.69. The standard InChI is InChI=1S/C17H10Cl2O3S2/c18-13-3-1-11(2-4-13)7-8-24(21,22)16-10-12-9-14(19)5-6-15(12)23-17(16)20/h1-10H/b8-7-. The minimum absolute atomic E-state index is 0.257. The van der Waals surface area contributed by atoms with Crippen LogP contribution in [0.5, 0.6) is 0 Å². The van der Waals surface area contributed by atoms with Crippen molar-refractivity contribution >= 4 is 60.5 Å². The first kappa shape index (κ1) is 17.2. The van der Waals surface area contributed by atoms with Crippen LogP contribution in [0.2, 0.25) is 10.0 Å². The van der Waals surface area contributed by atoms with Crippen molar-refractivity contribution in [3.8, 4) is 0 Å². The molecule has 0 amide bonds. The summed E-state index contributed by atoms with van der Waals surface area (Å²) in [6.07, 6.45) is 1.43. The second-order valence-electron chi connectivity index (χ2n) is 4.98. The van der Waals surface area contributed by atoms with E-state index in [2.05, 4.69) is 0 Å². The summed E-state index contributed by atoms with van der Waals surface area (Å²) in [6.45, 7) is 0. The highest BCUT2D eigenvalue weighted by Crippen LogP contribution is 2.24. The van der Waals surface area contributed by atoms with Gasteiger partial charge in [0.25, 0.3) is 4.74 Å². The summed E-state index contributed by atoms with van der Waals surface area (Å²) in [4.78, 5) is 11.9. The summed E-state index contributed by atoms with van der Waals surface area (Å²) in [7, 11) is -3.86. The third-order valence-electron chi connectivity index (χ3n) is 3.28. The highest BCUT2D eigenvalue weighted by atomic mass is 35.5. The van der Waals surface area contributed by atoms with E-state index >= 15 is 0 Å². The van der Waals surface area contributed by atoms with Gasteiger partial charge in [0.15, 0.2) is 0 Å². The Hall–Kier alpha value is -1.66. The molecule has 0 N–H and O–H groups in total. The van der Waals surface area contributed by atoms with E-state index in [1.165, 1.54) is 12.1 Å². The summed E-state index contributed by atoms with van der Waals surface area (Å²) in [5, 5.41) is 2.68. The molecule has 3 nitrogen and oxygen atoms in total. The molecule has 0 aliphatic rings. The van der Waals surface area contributed by atoms with Crippen molar-refractivity contribution in [1.29, 1.82) is 0 Å². The van der Waals surface area contributed by atoms with Gasteiger partial charge in [-0.3, -0.25) is 4.79 Å². The summed E-state index contributed by atoms with van der Waals surface area (Å²) >= 11 is 12.6. The topological polar surface area (TPSA) is 51.2 Å². The zero-order valence-corrected chi connectivity index (χ0v) is 15.2. The van der Waals surface area contributed by atoms with Crippen LogP contribution in [-0.2, 0) is 9.84 Å². The maximum Gasteiger partial charge on any atom is 0.251 e. The summed E-state index contributed by atoms with van der Waals surface area (Å²) < 4.78 is 25.1. The van der Waals surface area contributed by atoms with Crippen molar-refractivity contribution in [1.82, 2.24) is 0 Å². The minimum Gasteiger partial charge on any atom is -0.276 e. The van der Waals surface area contributed by atoms with Crippen LogP contribution >= 0.6 is 34.5 Å². The molecule has 122 valence electrons. The summed E-state index contributed by atoms with van der Waals surface area (Å²) in [5.41, 5.74) is 0.669. The molecule has 1 aromatic heterocycles. The predicted molar refractivity (Wildman–Crippen MR) is 101 cm³/mol. The number of fused-ring (bicyclic) bond motifs is 1. The number of benzene rings is 2. The molecule has 3 rings (SSSR count). The first-order valence-corrected chi connectivity index (χ1v) is 9.89. The highest BCUT2D eigenvalue weighted by Gasteiger charge is 2.16. The quantitative estimate of drug-likeness (QED) is 0.624. The largest absolute Gasteiger partial charge is 0.276 e. The first-order valence-electron chi connectivity index (χ1n) is 6.77. The SMILES string of the molecule is O=c1sc2ccc(Cl)cc2cc1S(=O)(=O)/C=C\c1ccc(Cl)cc1. The summed E-state index contributed by atoms with van der Waals surface area (Å²) in [5.74, 6) is 0. The van der Waals surface area contributed by atoms with Gasteiger partial charge < -0.3 is 0 Å². The van der Waals surface area contributed by atoms with Gasteiger partial charge in [0.2, 0.25) is 9.84 Å². The van der Waals surface area contributed by atoms with E-state index in [1.807, 2.05) is 0 Å². The molecule has 0 spiro atoms. The molecule has 0 aliphatic heterocycles. The predicted octanol–water partition coefficient (Wildman–Crippen LogP) is 5.01. The van der Waals surface area contributed by atoms with Crippen molar-refractivity contribution in [3.63, 3.8) is 0 Å². The molecule has 0 saturated heterocycles. The Morgan fingerprint density at radius 1 is 0.917 bits per heavy atom. The fraction of sp³-hybridized carbons (Fsp3) is 0. The van der Waals surface area contributed by atoms with Gasteiger partial charge in [0.1, 0.15) is 4.90 Å². The molecule has 0 fully saturated rings. The van der Waals surface area contributed by atoms with Gasteiger partial charge in [-0.2, -0.15) is 0 Å². The van der Waals surface area contributed by atoms with Crippen LogP contribution in [0.4, 0.5) is 0 Å². The fourth-order valence-corrected chi connectivity index (χ4v) is 4.61. The minimum atomic E-state index is -3.86. The molecule has 0 bridgehead atoms. The zero-order chi connectivity index (χ0) is 17.3. The molecular weight excluding hydrogens is 387 g/mol. The molecule has 0 radical (unpaired) electrons. The smallest absolute Gasteiger partial charge is 0.251 e. The normalized spacial score (nSPS) is 12.1. The molecule has 1 heterocycles. The van der Waals surface area contributed by atoms with Crippen LogP contribution < -0.4 is 4.74 Å². The fourth-order valence-electron chi connectivity index (χ4n) is 2.09. The molecule has 0 unspecified atom stereocenters. The maximum atomic E-state index is 12.5. The van der Waals surface area contributed by atoms with Gasteiger partial charge in [-0.05, 0) is 53.4 Å². The van der Waals surface area contributed by atoms with E-state index in [9.17, 15) is 13.2 Å². The van der Waals surface area contributed by atoms with Crippen molar-refractivity contribution in [2.45, 2.75) is 4.90 Å². The number of halogens is 2. The second-order valence-corrected chi connectivity index (χ2v) is 8.67. The number of hydrogen-bond acceptors (Lipinski definition) is 4. The molecule has 3 aromatic rings. The lowest BCUT2D eigenvalue weighted by Gasteiger charge is -2.02. The third-order valence-corrected chi connectivity index (χ3v) is 6.30. The van der Waals surface area contributed by atoms with Gasteiger partial charge in [-0.1, -0.05) is 46.7 Å².